The minimum absolute atomic E-state index is 0.132. The van der Waals surface area contributed by atoms with Crippen molar-refractivity contribution in [3.63, 3.8) is 0 Å². The number of carbonyl (C=O) groups excluding carboxylic acids is 4. The first-order valence-electron chi connectivity index (χ1n) is 14.0. The van der Waals surface area contributed by atoms with Gasteiger partial charge in [-0.2, -0.15) is 0 Å². The van der Waals surface area contributed by atoms with Gasteiger partial charge < -0.3 is 4.74 Å². The maximum absolute atomic E-state index is 13.5. The van der Waals surface area contributed by atoms with Gasteiger partial charge in [-0.15, -0.1) is 0 Å². The molecule has 3 aromatic carbocycles. The van der Waals surface area contributed by atoms with Crippen LogP contribution in [-0.2, 0) is 14.3 Å². The van der Waals surface area contributed by atoms with E-state index < -0.39 is 12.1 Å². The van der Waals surface area contributed by atoms with Crippen molar-refractivity contribution in [1.82, 2.24) is 4.98 Å². The molecule has 43 heavy (non-hydrogen) atoms. The summed E-state index contributed by atoms with van der Waals surface area (Å²) in [4.78, 5) is 58.9. The molecule has 7 rings (SSSR count). The van der Waals surface area contributed by atoms with Crippen molar-refractivity contribution in [2.75, 3.05) is 4.90 Å². The molecule has 3 aliphatic rings. The van der Waals surface area contributed by atoms with Crippen molar-refractivity contribution in [3.8, 4) is 11.3 Å². The lowest BCUT2D eigenvalue weighted by Crippen LogP contribution is -2.32. The molecule has 214 valence electrons. The van der Waals surface area contributed by atoms with Gasteiger partial charge in [-0.25, -0.2) is 9.78 Å². The van der Waals surface area contributed by atoms with Crippen molar-refractivity contribution in [3.05, 3.63) is 106 Å². The highest BCUT2D eigenvalue weighted by atomic mass is 35.5. The first kappa shape index (κ1) is 27.5. The summed E-state index contributed by atoms with van der Waals surface area (Å²) in [6.45, 7) is 1.51. The van der Waals surface area contributed by atoms with Crippen LogP contribution < -0.4 is 4.90 Å². The molecule has 2 aliphatic carbocycles. The van der Waals surface area contributed by atoms with Gasteiger partial charge in [0.05, 0.1) is 34.3 Å². The zero-order valence-electron chi connectivity index (χ0n) is 22.9. The summed E-state index contributed by atoms with van der Waals surface area (Å²) in [6, 6.07) is 20.0. The molecule has 0 N–H and O–H groups in total. The molecule has 0 radical (unpaired) electrons. The number of Topliss-reactive ketones (excluding diaryl/α,β-unsaturated/α-hetero) is 1. The molecule has 1 aromatic heterocycles. The van der Waals surface area contributed by atoms with Crippen LogP contribution in [0, 0.1) is 23.7 Å². The van der Waals surface area contributed by atoms with E-state index in [2.05, 4.69) is 12.2 Å². The smallest absolute Gasteiger partial charge is 0.339 e. The van der Waals surface area contributed by atoms with E-state index in [4.69, 9.17) is 32.9 Å². The van der Waals surface area contributed by atoms with Crippen molar-refractivity contribution < 1.29 is 23.9 Å². The van der Waals surface area contributed by atoms with E-state index >= 15 is 0 Å². The minimum Gasteiger partial charge on any atom is -0.451 e. The molecular weight excluding hydrogens is 587 g/mol. The van der Waals surface area contributed by atoms with Gasteiger partial charge in [-0.05, 0) is 73.7 Å². The number of nitrogens with zero attached hydrogens (tertiary/aromatic N) is 2. The van der Waals surface area contributed by atoms with Crippen LogP contribution in [0.15, 0.2) is 84.9 Å². The number of pyridine rings is 1. The Hall–Kier alpha value is -4.33. The van der Waals surface area contributed by atoms with Crippen LogP contribution in [0.25, 0.3) is 22.2 Å². The average Bonchev–Trinajstić information content (AvgIpc) is 3.69. The second-order valence-electron chi connectivity index (χ2n) is 11.2. The molecule has 1 saturated carbocycles. The molecule has 2 heterocycles. The van der Waals surface area contributed by atoms with Crippen molar-refractivity contribution in [1.29, 1.82) is 0 Å². The number of hydrogen-bond donors (Lipinski definition) is 0. The Morgan fingerprint density at radius 2 is 1.56 bits per heavy atom. The summed E-state index contributed by atoms with van der Waals surface area (Å²) in [6.07, 6.45) is 3.94. The number of ketones is 1. The second-order valence-corrected chi connectivity index (χ2v) is 12.1. The number of carbonyl (C=O) groups is 4. The molecular formula is C34H24Cl2N2O5. The Morgan fingerprint density at radius 1 is 0.884 bits per heavy atom. The summed E-state index contributed by atoms with van der Waals surface area (Å²) >= 11 is 12.3. The number of hydrogen-bond acceptors (Lipinski definition) is 6. The first-order valence-corrected chi connectivity index (χ1v) is 14.7. The van der Waals surface area contributed by atoms with Gasteiger partial charge in [-0.3, -0.25) is 19.3 Å². The molecule has 7 nitrogen and oxygen atoms in total. The van der Waals surface area contributed by atoms with Gasteiger partial charge in [0.2, 0.25) is 17.6 Å². The summed E-state index contributed by atoms with van der Waals surface area (Å²) in [5.74, 6) is -1.69. The lowest BCUT2D eigenvalue weighted by molar-refractivity contribution is -0.123. The van der Waals surface area contributed by atoms with Gasteiger partial charge in [-0.1, -0.05) is 59.6 Å². The third-order valence-electron chi connectivity index (χ3n) is 8.64. The number of rotatable bonds is 6. The number of allylic oxidation sites excluding steroid dienone is 2. The number of esters is 1. The van der Waals surface area contributed by atoms with E-state index in [1.54, 1.807) is 66.7 Å². The minimum atomic E-state index is -1.07. The zero-order valence-corrected chi connectivity index (χ0v) is 24.4. The SMILES string of the molecule is CC(OC(=O)c1cc(-c2ccc(N3C(=O)C4C5C=CC(C5)C4C3=O)cc2)nc2ccc(Cl)cc12)C(=O)c1cccc(Cl)c1. The van der Waals surface area contributed by atoms with E-state index in [9.17, 15) is 19.2 Å². The van der Waals surface area contributed by atoms with E-state index in [1.807, 2.05) is 0 Å². The Morgan fingerprint density at radius 3 is 2.23 bits per heavy atom. The third-order valence-corrected chi connectivity index (χ3v) is 9.11. The topological polar surface area (TPSA) is 93.6 Å². The summed E-state index contributed by atoms with van der Waals surface area (Å²) in [5, 5.41) is 1.29. The molecule has 1 aliphatic heterocycles. The quantitative estimate of drug-likeness (QED) is 0.101. The van der Waals surface area contributed by atoms with Gasteiger partial charge in [0.1, 0.15) is 0 Å². The van der Waals surface area contributed by atoms with Crippen molar-refractivity contribution in [2.24, 2.45) is 23.7 Å². The maximum atomic E-state index is 13.5. The van der Waals surface area contributed by atoms with Gasteiger partial charge in [0.15, 0.2) is 6.10 Å². The standard InChI is InChI=1S/C34H24Cl2N2O5/c1-17(31(39)21-3-2-4-22(35)14-21)43-34(42)26-16-28(37-27-12-9-23(36)15-25(26)27)18-7-10-24(11-8-18)38-32(40)29-19-5-6-20(13-19)30(29)33(38)41/h2-12,14-17,19-20,29-30H,13H2,1H3. The molecule has 5 unspecified atom stereocenters. The summed E-state index contributed by atoms with van der Waals surface area (Å²) < 4.78 is 5.61. The molecule has 5 atom stereocenters. The number of anilines is 1. The maximum Gasteiger partial charge on any atom is 0.339 e. The number of aromatic nitrogens is 1. The first-order chi connectivity index (χ1) is 20.7. The number of imide groups is 1. The molecule has 4 aromatic rings. The molecule has 2 fully saturated rings. The molecule has 2 amide bonds. The normalized spacial score (nSPS) is 22.7. The van der Waals surface area contributed by atoms with Crippen LogP contribution >= 0.6 is 23.2 Å². The van der Waals surface area contributed by atoms with Crippen LogP contribution in [0.3, 0.4) is 0 Å². The highest BCUT2D eigenvalue weighted by molar-refractivity contribution is 6.31. The van der Waals surface area contributed by atoms with Crippen LogP contribution in [0.4, 0.5) is 5.69 Å². The van der Waals surface area contributed by atoms with Crippen LogP contribution in [0.1, 0.15) is 34.1 Å². The third kappa shape index (κ3) is 4.64. The van der Waals surface area contributed by atoms with E-state index in [0.717, 1.165) is 6.42 Å². The fraction of sp³-hybridized carbons (Fsp3) is 0.206. The molecule has 2 bridgehead atoms. The van der Waals surface area contributed by atoms with E-state index in [-0.39, 0.29) is 46.8 Å². The zero-order chi connectivity index (χ0) is 30.0. The number of amides is 2. The van der Waals surface area contributed by atoms with Crippen molar-refractivity contribution in [2.45, 2.75) is 19.4 Å². The molecule has 1 saturated heterocycles. The highest BCUT2D eigenvalue weighted by Gasteiger charge is 2.59. The number of halogens is 2. The van der Waals surface area contributed by atoms with Gasteiger partial charge >= 0.3 is 5.97 Å². The van der Waals surface area contributed by atoms with Gasteiger partial charge in [0.25, 0.3) is 0 Å². The van der Waals surface area contributed by atoms with Crippen LogP contribution in [-0.4, -0.2) is 34.7 Å². The Bertz CT molecular complexity index is 1860. The average molecular weight is 611 g/mol. The highest BCUT2D eigenvalue weighted by Crippen LogP contribution is 2.53. The monoisotopic (exact) mass is 610 g/mol. The number of fused-ring (bicyclic) bond motifs is 6. The van der Waals surface area contributed by atoms with E-state index in [1.165, 1.54) is 17.9 Å². The van der Waals surface area contributed by atoms with E-state index in [0.29, 0.717) is 43.5 Å². The summed E-state index contributed by atoms with van der Waals surface area (Å²) in [7, 11) is 0. The van der Waals surface area contributed by atoms with Crippen molar-refractivity contribution >= 4 is 63.4 Å². The number of benzene rings is 3. The second kappa shape index (κ2) is 10.4. The lowest BCUT2D eigenvalue weighted by Gasteiger charge is -2.18. The largest absolute Gasteiger partial charge is 0.451 e. The Kier molecular flexibility index (Phi) is 6.67. The molecule has 9 heteroatoms. The molecule has 0 spiro atoms. The fourth-order valence-electron chi connectivity index (χ4n) is 6.61. The van der Waals surface area contributed by atoms with Crippen LogP contribution in [0.5, 0.6) is 0 Å². The van der Waals surface area contributed by atoms with Gasteiger partial charge in [0, 0.05) is 26.6 Å². The number of ether oxygens (including phenoxy) is 1. The predicted octanol–water partition coefficient (Wildman–Crippen LogP) is 6.95. The fourth-order valence-corrected chi connectivity index (χ4v) is 6.97. The van der Waals surface area contributed by atoms with Crippen LogP contribution in [0.2, 0.25) is 10.0 Å². The Balaban J connectivity index is 1.18. The summed E-state index contributed by atoms with van der Waals surface area (Å²) in [5.41, 5.74) is 2.68. The predicted molar refractivity (Wildman–Crippen MR) is 163 cm³/mol. The lowest BCUT2D eigenvalue weighted by atomic mass is 9.85. The Labute approximate surface area is 257 Å².